The lowest BCUT2D eigenvalue weighted by atomic mass is 9.85. The summed E-state index contributed by atoms with van der Waals surface area (Å²) in [5.74, 6) is 0. The Morgan fingerprint density at radius 3 is 1.73 bits per heavy atom. The molecule has 9 aromatic carbocycles. The minimum Gasteiger partial charge on any atom is -0.135 e. The SMILES string of the molecule is [2H]c1c([2H])c([2H])c(-c2c([2H])c([2H])c([2H])c([2H])c2-c2ccc3cc(-c4c5c([2H])c([2H])c([2H])c([2H])c5c(-c5cccc6c5ccc5ccccc56)c5c([2H])c([2H])c([2H])c([2H])c45)sc3c2)c([2H])c1[2H]. The Bertz CT molecular complexity index is 3750. The molecule has 0 aliphatic heterocycles. The number of thiophene rings is 1. The van der Waals surface area contributed by atoms with Crippen LogP contribution in [0, 0.1) is 0 Å². The third kappa shape index (κ3) is 4.51. The maximum absolute atomic E-state index is 9.47. The van der Waals surface area contributed by atoms with Gasteiger partial charge < -0.3 is 0 Å². The van der Waals surface area contributed by atoms with Crippen LogP contribution >= 0.6 is 11.3 Å². The van der Waals surface area contributed by atoms with E-state index in [1.807, 2.05) is 48.5 Å². The van der Waals surface area contributed by atoms with Crippen LogP contribution in [0.2, 0.25) is 0 Å². The molecule has 0 fully saturated rings. The quantitative estimate of drug-likeness (QED) is 0.131. The van der Waals surface area contributed by atoms with Gasteiger partial charge in [0.05, 0.1) is 23.3 Å². The molecular weight excluding hydrogens is 609 g/mol. The molecule has 0 nitrogen and oxygen atoms in total. The Balaban J connectivity index is 1.33. The van der Waals surface area contributed by atoms with Gasteiger partial charge in [-0.25, -0.2) is 0 Å². The van der Waals surface area contributed by atoms with E-state index >= 15 is 0 Å². The number of fused-ring (bicyclic) bond motifs is 6. The summed E-state index contributed by atoms with van der Waals surface area (Å²) in [6.07, 6.45) is 0. The van der Waals surface area contributed by atoms with Crippen molar-refractivity contribution in [1.82, 2.24) is 0 Å². The van der Waals surface area contributed by atoms with Crippen LogP contribution in [-0.4, -0.2) is 0 Å². The first-order chi connectivity index (χ1) is 31.4. The second-order valence-electron chi connectivity index (χ2n) is 11.6. The van der Waals surface area contributed by atoms with Crippen LogP contribution in [0.25, 0.3) is 97.0 Å². The number of hydrogen-bond acceptors (Lipinski definition) is 1. The fraction of sp³-hybridized carbons (Fsp3) is 0. The largest absolute Gasteiger partial charge is 0.135 e. The molecular formula is C48H30S. The molecule has 0 unspecified atom stereocenters. The van der Waals surface area contributed by atoms with Gasteiger partial charge in [-0.1, -0.05) is 169 Å². The van der Waals surface area contributed by atoms with Gasteiger partial charge in [-0.3, -0.25) is 0 Å². The monoisotopic (exact) mass is 655 g/mol. The predicted octanol–water partition coefficient (Wildman–Crippen LogP) is 14.2. The summed E-state index contributed by atoms with van der Waals surface area (Å²) in [4.78, 5) is 0.364. The van der Waals surface area contributed by atoms with Crippen molar-refractivity contribution in [2.24, 2.45) is 0 Å². The molecule has 0 radical (unpaired) electrons. The van der Waals surface area contributed by atoms with Crippen LogP contribution in [0.5, 0.6) is 0 Å². The molecule has 0 atom stereocenters. The van der Waals surface area contributed by atoms with Crippen molar-refractivity contribution in [3.8, 4) is 43.8 Å². The Morgan fingerprint density at radius 2 is 0.980 bits per heavy atom. The van der Waals surface area contributed by atoms with Gasteiger partial charge in [-0.05, 0) is 94.0 Å². The minimum absolute atomic E-state index is 0.0266. The fourth-order valence-electron chi connectivity index (χ4n) is 6.80. The summed E-state index contributed by atoms with van der Waals surface area (Å²) in [7, 11) is 0. The van der Waals surface area contributed by atoms with Crippen molar-refractivity contribution in [2.75, 3.05) is 0 Å². The molecule has 49 heavy (non-hydrogen) atoms. The highest BCUT2D eigenvalue weighted by molar-refractivity contribution is 7.22. The van der Waals surface area contributed by atoms with Gasteiger partial charge in [0.1, 0.15) is 0 Å². The van der Waals surface area contributed by atoms with E-state index < -0.39 is 108 Å². The molecule has 0 bridgehead atoms. The average molecular weight is 656 g/mol. The van der Waals surface area contributed by atoms with Crippen molar-refractivity contribution in [2.45, 2.75) is 0 Å². The highest BCUT2D eigenvalue weighted by atomic mass is 32.1. The fourth-order valence-corrected chi connectivity index (χ4v) is 7.96. The summed E-state index contributed by atoms with van der Waals surface area (Å²) in [6, 6.07) is 14.1. The Labute approximate surface area is 313 Å². The van der Waals surface area contributed by atoms with E-state index in [-0.39, 0.29) is 49.4 Å². The highest BCUT2D eigenvalue weighted by Crippen LogP contribution is 2.48. The van der Waals surface area contributed by atoms with Crippen LogP contribution in [0.3, 0.4) is 0 Å². The zero-order valence-electron chi connectivity index (χ0n) is 42.4. The first kappa shape index (κ1) is 15.9. The summed E-state index contributed by atoms with van der Waals surface area (Å²) >= 11 is 1.12. The summed E-state index contributed by atoms with van der Waals surface area (Å²) < 4.78 is 151. The van der Waals surface area contributed by atoms with E-state index in [2.05, 4.69) is 0 Å². The second kappa shape index (κ2) is 11.3. The molecule has 1 aromatic heterocycles. The standard InChI is InChI=1S/C48H30S/c1-2-13-31(14-3-1)35-16-6-7-18-37(35)33-25-26-34-30-46(49-45(34)29-33)48-43-21-10-8-19-41(43)47(42-20-9-11-22-44(42)48)40-24-12-23-38-36-17-5-4-15-32(36)27-28-39(38)40/h1-30H/i1D,2D,3D,6D,7D,8D,9D,10D,11D,13D,14D,16D,18D,19D,20D,21D,22D. The topological polar surface area (TPSA) is 0 Å². The van der Waals surface area contributed by atoms with Crippen molar-refractivity contribution in [3.05, 3.63) is 182 Å². The van der Waals surface area contributed by atoms with E-state index in [1.165, 1.54) is 0 Å². The number of rotatable bonds is 4. The molecule has 10 rings (SSSR count). The Kier molecular flexibility index (Phi) is 3.67. The van der Waals surface area contributed by atoms with Crippen molar-refractivity contribution < 1.29 is 23.3 Å². The Hall–Kier alpha value is -6.02. The predicted molar refractivity (Wildman–Crippen MR) is 214 cm³/mol. The van der Waals surface area contributed by atoms with Crippen LogP contribution < -0.4 is 0 Å². The lowest BCUT2D eigenvalue weighted by Gasteiger charge is -2.18. The third-order valence-corrected chi connectivity index (χ3v) is 10.0. The summed E-state index contributed by atoms with van der Waals surface area (Å²) in [5, 5.41) is 4.13. The molecule has 10 aromatic rings. The zero-order valence-corrected chi connectivity index (χ0v) is 26.2. The maximum atomic E-state index is 9.47. The minimum atomic E-state index is -0.682. The Morgan fingerprint density at radius 1 is 0.367 bits per heavy atom. The van der Waals surface area contributed by atoms with E-state index in [0.717, 1.165) is 27.5 Å². The van der Waals surface area contributed by atoms with Gasteiger partial charge in [-0.15, -0.1) is 11.3 Å². The second-order valence-corrected chi connectivity index (χ2v) is 12.6. The smallest absolute Gasteiger partial charge is 0.0629 e. The van der Waals surface area contributed by atoms with Gasteiger partial charge >= 0.3 is 0 Å². The highest BCUT2D eigenvalue weighted by Gasteiger charge is 2.20. The zero-order chi connectivity index (χ0) is 47.1. The van der Waals surface area contributed by atoms with E-state index in [1.54, 1.807) is 30.3 Å². The van der Waals surface area contributed by atoms with Crippen LogP contribution in [0.4, 0.5) is 0 Å². The molecule has 0 saturated carbocycles. The molecule has 0 N–H and O–H groups in total. The molecule has 228 valence electrons. The van der Waals surface area contributed by atoms with Crippen molar-refractivity contribution in [3.63, 3.8) is 0 Å². The molecule has 0 spiro atoms. The first-order valence-corrected chi connectivity index (χ1v) is 16.3. The molecule has 0 saturated heterocycles. The van der Waals surface area contributed by atoms with E-state index in [9.17, 15) is 5.48 Å². The summed E-state index contributed by atoms with van der Waals surface area (Å²) in [6.45, 7) is 0. The van der Waals surface area contributed by atoms with Gasteiger partial charge in [0, 0.05) is 15.1 Å². The van der Waals surface area contributed by atoms with Gasteiger partial charge in [0.25, 0.3) is 0 Å². The number of benzene rings is 9. The van der Waals surface area contributed by atoms with Gasteiger partial charge in [0.15, 0.2) is 0 Å². The first-order valence-electron chi connectivity index (χ1n) is 24.0. The van der Waals surface area contributed by atoms with Crippen molar-refractivity contribution >= 4 is 64.5 Å². The third-order valence-electron chi connectivity index (χ3n) is 8.92. The van der Waals surface area contributed by atoms with Crippen LogP contribution in [0.1, 0.15) is 23.3 Å². The molecule has 0 aliphatic rings. The van der Waals surface area contributed by atoms with Crippen LogP contribution in [0.15, 0.2) is 182 Å². The van der Waals surface area contributed by atoms with Crippen molar-refractivity contribution in [1.29, 1.82) is 0 Å². The molecule has 0 aliphatic carbocycles. The molecule has 1 heteroatoms. The molecule has 0 amide bonds. The lowest BCUT2D eigenvalue weighted by Crippen LogP contribution is -1.91. The molecule has 1 heterocycles. The van der Waals surface area contributed by atoms with Gasteiger partial charge in [0.2, 0.25) is 0 Å². The lowest BCUT2D eigenvalue weighted by molar-refractivity contribution is 1.60. The maximum Gasteiger partial charge on any atom is 0.0629 e. The van der Waals surface area contributed by atoms with E-state index in [0.29, 0.717) is 25.9 Å². The summed E-state index contributed by atoms with van der Waals surface area (Å²) in [5.41, 5.74) is 0.233. The van der Waals surface area contributed by atoms with Gasteiger partial charge in [-0.2, -0.15) is 0 Å². The number of hydrogen-bond donors (Lipinski definition) is 0. The normalized spacial score (nSPS) is 16.5. The van der Waals surface area contributed by atoms with E-state index in [4.69, 9.17) is 17.8 Å². The average Bonchev–Trinajstić information content (AvgIpc) is 3.75. The van der Waals surface area contributed by atoms with Crippen LogP contribution in [-0.2, 0) is 0 Å².